The van der Waals surface area contributed by atoms with Gasteiger partial charge in [-0.3, -0.25) is 4.90 Å². The highest BCUT2D eigenvalue weighted by atomic mass is 16.3. The molecule has 6 nitrogen and oxygen atoms in total. The topological polar surface area (TPSA) is 61.6 Å². The van der Waals surface area contributed by atoms with Crippen LogP contribution >= 0.6 is 0 Å². The SMILES string of the molecule is O=C(NCc1ccccc1)N1CCN(Cc2nc3cc(-c4ccccc4)ccc3o2)CC1. The molecule has 1 saturated heterocycles. The summed E-state index contributed by atoms with van der Waals surface area (Å²) in [7, 11) is 0. The second-order valence-corrected chi connectivity index (χ2v) is 8.06. The fraction of sp³-hybridized carbons (Fsp3) is 0.231. The third-order valence-corrected chi connectivity index (χ3v) is 5.84. The number of hydrogen-bond donors (Lipinski definition) is 1. The average molecular weight is 427 g/mol. The molecule has 0 atom stereocenters. The lowest BCUT2D eigenvalue weighted by atomic mass is 10.1. The van der Waals surface area contributed by atoms with E-state index < -0.39 is 0 Å². The number of amides is 2. The zero-order valence-electron chi connectivity index (χ0n) is 17.9. The molecule has 0 saturated carbocycles. The minimum absolute atomic E-state index is 0.0104. The van der Waals surface area contributed by atoms with Gasteiger partial charge >= 0.3 is 6.03 Å². The third-order valence-electron chi connectivity index (χ3n) is 5.84. The number of piperazine rings is 1. The Morgan fingerprint density at radius 2 is 1.59 bits per heavy atom. The van der Waals surface area contributed by atoms with Gasteiger partial charge in [-0.25, -0.2) is 9.78 Å². The van der Waals surface area contributed by atoms with Crippen molar-refractivity contribution in [3.63, 3.8) is 0 Å². The average Bonchev–Trinajstić information content (AvgIpc) is 3.25. The molecule has 0 unspecified atom stereocenters. The summed E-state index contributed by atoms with van der Waals surface area (Å²) in [4.78, 5) is 21.3. The van der Waals surface area contributed by atoms with Crippen LogP contribution in [0.1, 0.15) is 11.5 Å². The molecule has 32 heavy (non-hydrogen) atoms. The van der Waals surface area contributed by atoms with Crippen molar-refractivity contribution in [2.24, 2.45) is 0 Å². The Labute approximate surface area is 187 Å². The maximum atomic E-state index is 12.5. The number of carbonyl (C=O) groups excluding carboxylic acids is 1. The van der Waals surface area contributed by atoms with Gasteiger partial charge in [-0.05, 0) is 28.8 Å². The molecule has 6 heteroatoms. The summed E-state index contributed by atoms with van der Waals surface area (Å²) >= 11 is 0. The van der Waals surface area contributed by atoms with Crippen LogP contribution in [0.3, 0.4) is 0 Å². The normalized spacial score (nSPS) is 14.6. The molecule has 1 aliphatic heterocycles. The minimum atomic E-state index is -0.0104. The molecule has 0 radical (unpaired) electrons. The lowest BCUT2D eigenvalue weighted by molar-refractivity contribution is 0.129. The van der Waals surface area contributed by atoms with Crippen LogP contribution in [0, 0.1) is 0 Å². The number of hydrogen-bond acceptors (Lipinski definition) is 4. The summed E-state index contributed by atoms with van der Waals surface area (Å²) in [6.07, 6.45) is 0. The van der Waals surface area contributed by atoms with Crippen LogP contribution < -0.4 is 5.32 Å². The number of rotatable bonds is 5. The molecule has 1 aromatic heterocycles. The first-order chi connectivity index (χ1) is 15.7. The van der Waals surface area contributed by atoms with Crippen molar-refractivity contribution in [2.45, 2.75) is 13.1 Å². The van der Waals surface area contributed by atoms with Crippen molar-refractivity contribution in [3.8, 4) is 11.1 Å². The number of oxazole rings is 1. The van der Waals surface area contributed by atoms with Gasteiger partial charge in [0, 0.05) is 32.7 Å². The van der Waals surface area contributed by atoms with E-state index in [-0.39, 0.29) is 6.03 Å². The van der Waals surface area contributed by atoms with E-state index in [2.05, 4.69) is 34.5 Å². The second kappa shape index (κ2) is 9.24. The summed E-state index contributed by atoms with van der Waals surface area (Å²) in [5, 5.41) is 3.01. The van der Waals surface area contributed by atoms with Crippen molar-refractivity contribution in [3.05, 3.63) is 90.3 Å². The minimum Gasteiger partial charge on any atom is -0.439 e. The fourth-order valence-electron chi connectivity index (χ4n) is 4.04. The second-order valence-electron chi connectivity index (χ2n) is 8.06. The highest BCUT2D eigenvalue weighted by Gasteiger charge is 2.22. The predicted octanol–water partition coefficient (Wildman–Crippen LogP) is 4.52. The van der Waals surface area contributed by atoms with Gasteiger partial charge in [-0.15, -0.1) is 0 Å². The van der Waals surface area contributed by atoms with Crippen LogP contribution in [0.2, 0.25) is 0 Å². The molecule has 2 amide bonds. The quantitative estimate of drug-likeness (QED) is 0.510. The first kappa shape index (κ1) is 20.3. The monoisotopic (exact) mass is 426 g/mol. The van der Waals surface area contributed by atoms with Crippen LogP contribution in [0.5, 0.6) is 0 Å². The van der Waals surface area contributed by atoms with E-state index in [1.807, 2.05) is 59.5 Å². The van der Waals surface area contributed by atoms with E-state index in [4.69, 9.17) is 9.40 Å². The Balaban J connectivity index is 1.16. The summed E-state index contributed by atoms with van der Waals surface area (Å²) in [6.45, 7) is 4.18. The number of nitrogens with zero attached hydrogens (tertiary/aromatic N) is 3. The van der Waals surface area contributed by atoms with Gasteiger partial charge in [0.25, 0.3) is 0 Å². The highest BCUT2D eigenvalue weighted by molar-refractivity contribution is 5.80. The number of benzene rings is 3. The Morgan fingerprint density at radius 1 is 0.875 bits per heavy atom. The van der Waals surface area contributed by atoms with E-state index in [0.29, 0.717) is 32.1 Å². The van der Waals surface area contributed by atoms with Crippen LogP contribution in [0.4, 0.5) is 4.79 Å². The van der Waals surface area contributed by atoms with Gasteiger partial charge in [0.15, 0.2) is 5.58 Å². The zero-order valence-corrected chi connectivity index (χ0v) is 17.9. The summed E-state index contributed by atoms with van der Waals surface area (Å²) < 4.78 is 5.98. The van der Waals surface area contributed by atoms with Crippen molar-refractivity contribution in [1.82, 2.24) is 20.1 Å². The van der Waals surface area contributed by atoms with Crippen LogP contribution in [0.15, 0.2) is 83.3 Å². The first-order valence-corrected chi connectivity index (χ1v) is 11.0. The number of carbonyl (C=O) groups is 1. The molecule has 3 aromatic carbocycles. The van der Waals surface area contributed by atoms with Gasteiger partial charge in [0.2, 0.25) is 5.89 Å². The highest BCUT2D eigenvalue weighted by Crippen LogP contribution is 2.25. The van der Waals surface area contributed by atoms with Gasteiger partial charge < -0.3 is 14.6 Å². The Morgan fingerprint density at radius 3 is 2.34 bits per heavy atom. The number of aromatic nitrogens is 1. The zero-order chi connectivity index (χ0) is 21.8. The summed E-state index contributed by atoms with van der Waals surface area (Å²) in [5.41, 5.74) is 5.08. The molecule has 1 fully saturated rings. The molecule has 162 valence electrons. The van der Waals surface area contributed by atoms with Crippen molar-refractivity contribution >= 4 is 17.1 Å². The smallest absolute Gasteiger partial charge is 0.317 e. The third kappa shape index (κ3) is 4.65. The van der Waals surface area contributed by atoms with Gasteiger partial charge in [0.05, 0.1) is 6.54 Å². The Kier molecular flexibility index (Phi) is 5.85. The summed E-state index contributed by atoms with van der Waals surface area (Å²) in [5.74, 6) is 0.715. The largest absolute Gasteiger partial charge is 0.439 e. The molecule has 0 aliphatic carbocycles. The van der Waals surface area contributed by atoms with E-state index in [0.717, 1.165) is 35.3 Å². The predicted molar refractivity (Wildman–Crippen MR) is 125 cm³/mol. The number of nitrogens with one attached hydrogen (secondary N) is 1. The van der Waals surface area contributed by atoms with E-state index in [9.17, 15) is 4.79 Å². The molecule has 5 rings (SSSR count). The maximum Gasteiger partial charge on any atom is 0.317 e. The van der Waals surface area contributed by atoms with E-state index in [1.165, 1.54) is 5.56 Å². The van der Waals surface area contributed by atoms with Gasteiger partial charge in [-0.1, -0.05) is 66.7 Å². The van der Waals surface area contributed by atoms with E-state index in [1.54, 1.807) is 0 Å². The number of urea groups is 1. The molecule has 1 aliphatic rings. The van der Waals surface area contributed by atoms with Crippen molar-refractivity contribution < 1.29 is 9.21 Å². The lowest BCUT2D eigenvalue weighted by Gasteiger charge is -2.34. The molecule has 2 heterocycles. The van der Waals surface area contributed by atoms with Crippen LogP contribution in [-0.4, -0.2) is 47.0 Å². The van der Waals surface area contributed by atoms with Crippen molar-refractivity contribution in [1.29, 1.82) is 0 Å². The number of fused-ring (bicyclic) bond motifs is 1. The molecule has 1 N–H and O–H groups in total. The lowest BCUT2D eigenvalue weighted by Crippen LogP contribution is -2.51. The van der Waals surface area contributed by atoms with Crippen LogP contribution in [0.25, 0.3) is 22.2 Å². The molecular formula is C26H26N4O2. The molecule has 0 spiro atoms. The van der Waals surface area contributed by atoms with Gasteiger partial charge in [0.1, 0.15) is 5.52 Å². The maximum absolute atomic E-state index is 12.5. The van der Waals surface area contributed by atoms with E-state index >= 15 is 0 Å². The van der Waals surface area contributed by atoms with Gasteiger partial charge in [-0.2, -0.15) is 0 Å². The van der Waals surface area contributed by atoms with Crippen molar-refractivity contribution in [2.75, 3.05) is 26.2 Å². The summed E-state index contributed by atoms with van der Waals surface area (Å²) in [6, 6.07) is 26.4. The molecular weight excluding hydrogens is 400 g/mol. The van der Waals surface area contributed by atoms with Crippen LogP contribution in [-0.2, 0) is 13.1 Å². The first-order valence-electron chi connectivity index (χ1n) is 11.0. The molecule has 4 aromatic rings. The Hall–Kier alpha value is -3.64. The fourth-order valence-corrected chi connectivity index (χ4v) is 4.04. The molecule has 0 bridgehead atoms. The standard InChI is InChI=1S/C26H26N4O2/c31-26(27-18-20-7-3-1-4-8-20)30-15-13-29(14-16-30)19-25-28-23-17-22(11-12-24(23)32-25)21-9-5-2-6-10-21/h1-12,17H,13-16,18-19H2,(H,27,31). The Bertz CT molecular complexity index is 1180.